The Balaban J connectivity index is 1.93. The zero-order valence-corrected chi connectivity index (χ0v) is 11.4. The third-order valence-corrected chi connectivity index (χ3v) is 3.42. The molecular weight excluding hydrogens is 274 g/mol. The van der Waals surface area contributed by atoms with Crippen molar-refractivity contribution in [2.24, 2.45) is 5.73 Å². The van der Waals surface area contributed by atoms with Crippen molar-refractivity contribution >= 4 is 11.1 Å². The van der Waals surface area contributed by atoms with Gasteiger partial charge in [-0.05, 0) is 30.7 Å². The number of rotatable bonds is 3. The highest BCUT2D eigenvalue weighted by Gasteiger charge is 2.20. The zero-order valence-electron chi connectivity index (χ0n) is 11.4. The molecule has 0 aliphatic carbocycles. The maximum Gasteiger partial charge on any atom is 0.197 e. The second-order valence-corrected chi connectivity index (χ2v) is 4.98. The molecule has 2 aromatic carbocycles. The molecule has 0 spiro atoms. The molecule has 5 heteroatoms. The average molecular weight is 288 g/mol. The van der Waals surface area contributed by atoms with E-state index in [4.69, 9.17) is 10.2 Å². The molecule has 3 aromatic rings. The van der Waals surface area contributed by atoms with Crippen molar-refractivity contribution in [3.8, 4) is 0 Å². The van der Waals surface area contributed by atoms with Crippen LogP contribution in [-0.2, 0) is 6.42 Å². The van der Waals surface area contributed by atoms with Gasteiger partial charge in [-0.15, -0.1) is 0 Å². The summed E-state index contributed by atoms with van der Waals surface area (Å²) in [6.45, 7) is 1.57. The van der Waals surface area contributed by atoms with E-state index in [0.29, 0.717) is 22.6 Å². The monoisotopic (exact) mass is 288 g/mol. The van der Waals surface area contributed by atoms with Gasteiger partial charge in [-0.2, -0.15) is 0 Å². The topological polar surface area (TPSA) is 52.0 Å². The van der Waals surface area contributed by atoms with Gasteiger partial charge in [0.15, 0.2) is 11.5 Å². The molecule has 0 fully saturated rings. The number of hydrogen-bond donors (Lipinski definition) is 1. The number of para-hydroxylation sites is 2. The van der Waals surface area contributed by atoms with Crippen LogP contribution in [0.25, 0.3) is 11.1 Å². The highest BCUT2D eigenvalue weighted by molar-refractivity contribution is 5.72. The van der Waals surface area contributed by atoms with E-state index < -0.39 is 17.7 Å². The normalized spacial score (nSPS) is 12.8. The number of halogens is 2. The van der Waals surface area contributed by atoms with Crippen LogP contribution in [0, 0.1) is 18.6 Å². The quantitative estimate of drug-likeness (QED) is 0.800. The summed E-state index contributed by atoms with van der Waals surface area (Å²) < 4.78 is 33.4. The molecule has 1 atom stereocenters. The van der Waals surface area contributed by atoms with Crippen LogP contribution in [0.3, 0.4) is 0 Å². The Hall–Kier alpha value is -2.27. The summed E-state index contributed by atoms with van der Waals surface area (Å²) in [7, 11) is 0. The summed E-state index contributed by atoms with van der Waals surface area (Å²) in [5, 5.41) is 0. The lowest BCUT2D eigenvalue weighted by Crippen LogP contribution is -2.17. The lowest BCUT2D eigenvalue weighted by atomic mass is 10.0. The van der Waals surface area contributed by atoms with E-state index in [2.05, 4.69) is 4.98 Å². The van der Waals surface area contributed by atoms with Crippen LogP contribution >= 0.6 is 0 Å². The average Bonchev–Trinajstić information content (AvgIpc) is 2.85. The number of aryl methyl sites for hydroxylation is 1. The van der Waals surface area contributed by atoms with E-state index in [1.54, 1.807) is 13.0 Å². The molecule has 2 N–H and O–H groups in total. The van der Waals surface area contributed by atoms with Gasteiger partial charge in [-0.25, -0.2) is 13.8 Å². The van der Waals surface area contributed by atoms with E-state index in [0.717, 1.165) is 0 Å². The molecule has 0 bridgehead atoms. The van der Waals surface area contributed by atoms with Gasteiger partial charge >= 0.3 is 0 Å². The van der Waals surface area contributed by atoms with Crippen molar-refractivity contribution in [3.05, 3.63) is 65.1 Å². The van der Waals surface area contributed by atoms with Gasteiger partial charge in [0.25, 0.3) is 0 Å². The Kier molecular flexibility index (Phi) is 3.43. The van der Waals surface area contributed by atoms with Crippen LogP contribution < -0.4 is 5.73 Å². The minimum atomic E-state index is -0.849. The zero-order chi connectivity index (χ0) is 15.0. The van der Waals surface area contributed by atoms with Gasteiger partial charge in [0.05, 0.1) is 0 Å². The molecule has 0 saturated heterocycles. The first-order valence-corrected chi connectivity index (χ1v) is 6.61. The van der Waals surface area contributed by atoms with Crippen molar-refractivity contribution in [1.29, 1.82) is 0 Å². The molecule has 3 rings (SSSR count). The fraction of sp³-hybridized carbons (Fsp3) is 0.188. The van der Waals surface area contributed by atoms with Gasteiger partial charge in [-0.1, -0.05) is 18.2 Å². The van der Waals surface area contributed by atoms with Gasteiger partial charge in [0, 0.05) is 18.0 Å². The first-order valence-electron chi connectivity index (χ1n) is 6.61. The SMILES string of the molecule is Cc1ccc(F)c(C(N)Cc2nc3ccccc3o2)c1F. The van der Waals surface area contributed by atoms with Gasteiger partial charge in [0.1, 0.15) is 17.2 Å². The molecule has 0 aliphatic rings. The molecular formula is C16H14F2N2O. The van der Waals surface area contributed by atoms with Crippen molar-refractivity contribution < 1.29 is 13.2 Å². The van der Waals surface area contributed by atoms with Crippen LogP contribution in [0.1, 0.15) is 23.1 Å². The van der Waals surface area contributed by atoms with Crippen LogP contribution in [-0.4, -0.2) is 4.98 Å². The van der Waals surface area contributed by atoms with Crippen molar-refractivity contribution in [1.82, 2.24) is 4.98 Å². The number of oxazole rings is 1. The molecule has 3 nitrogen and oxygen atoms in total. The Labute approximate surface area is 120 Å². The van der Waals surface area contributed by atoms with Crippen LogP contribution in [0.15, 0.2) is 40.8 Å². The standard InChI is InChI=1S/C16H14F2N2O/c1-9-6-7-10(17)15(16(9)18)11(19)8-14-20-12-4-2-3-5-13(12)21-14/h2-7,11H,8,19H2,1H3. The first kappa shape index (κ1) is 13.7. The van der Waals surface area contributed by atoms with Gasteiger partial charge in [-0.3, -0.25) is 0 Å². The molecule has 0 amide bonds. The van der Waals surface area contributed by atoms with Gasteiger partial charge in [0.2, 0.25) is 0 Å². The summed E-state index contributed by atoms with van der Waals surface area (Å²) in [6.07, 6.45) is 0.131. The molecule has 0 saturated carbocycles. The number of nitrogens with two attached hydrogens (primary N) is 1. The van der Waals surface area contributed by atoms with E-state index in [1.807, 2.05) is 18.2 Å². The molecule has 0 radical (unpaired) electrons. The minimum Gasteiger partial charge on any atom is -0.441 e. The lowest BCUT2D eigenvalue weighted by Gasteiger charge is -2.13. The summed E-state index contributed by atoms with van der Waals surface area (Å²) >= 11 is 0. The van der Waals surface area contributed by atoms with Gasteiger partial charge < -0.3 is 10.2 Å². The summed E-state index contributed by atoms with van der Waals surface area (Å²) in [6, 6.07) is 9.02. The largest absolute Gasteiger partial charge is 0.441 e. The maximum atomic E-state index is 14.0. The second kappa shape index (κ2) is 5.26. The number of hydrogen-bond acceptors (Lipinski definition) is 3. The maximum absolute atomic E-state index is 14.0. The van der Waals surface area contributed by atoms with E-state index in [1.165, 1.54) is 12.1 Å². The molecule has 1 unspecified atom stereocenters. The Bertz CT molecular complexity index is 765. The fourth-order valence-electron chi connectivity index (χ4n) is 2.32. The third kappa shape index (κ3) is 2.52. The molecule has 108 valence electrons. The highest BCUT2D eigenvalue weighted by atomic mass is 19.1. The smallest absolute Gasteiger partial charge is 0.197 e. The predicted octanol–water partition coefficient (Wildman–Crippen LogP) is 3.66. The van der Waals surface area contributed by atoms with E-state index in [9.17, 15) is 8.78 Å². The van der Waals surface area contributed by atoms with Crippen LogP contribution in [0.4, 0.5) is 8.78 Å². The molecule has 0 aliphatic heterocycles. The third-order valence-electron chi connectivity index (χ3n) is 3.42. The van der Waals surface area contributed by atoms with Crippen LogP contribution in [0.5, 0.6) is 0 Å². The lowest BCUT2D eigenvalue weighted by molar-refractivity contribution is 0.474. The number of fused-ring (bicyclic) bond motifs is 1. The number of aromatic nitrogens is 1. The fourth-order valence-corrected chi connectivity index (χ4v) is 2.32. The number of benzene rings is 2. The Morgan fingerprint density at radius 2 is 1.95 bits per heavy atom. The molecule has 21 heavy (non-hydrogen) atoms. The van der Waals surface area contributed by atoms with Crippen LogP contribution in [0.2, 0.25) is 0 Å². The van der Waals surface area contributed by atoms with E-state index >= 15 is 0 Å². The number of nitrogens with zero attached hydrogens (tertiary/aromatic N) is 1. The second-order valence-electron chi connectivity index (χ2n) is 4.98. The van der Waals surface area contributed by atoms with Crippen molar-refractivity contribution in [2.45, 2.75) is 19.4 Å². The molecule has 1 heterocycles. The molecule has 1 aromatic heterocycles. The van der Waals surface area contributed by atoms with E-state index in [-0.39, 0.29) is 12.0 Å². The first-order chi connectivity index (χ1) is 10.1. The van der Waals surface area contributed by atoms with Crippen molar-refractivity contribution in [2.75, 3.05) is 0 Å². The van der Waals surface area contributed by atoms with Crippen molar-refractivity contribution in [3.63, 3.8) is 0 Å². The minimum absolute atomic E-state index is 0.128. The summed E-state index contributed by atoms with van der Waals surface area (Å²) in [4.78, 5) is 4.27. The summed E-state index contributed by atoms with van der Waals surface area (Å²) in [5.41, 5.74) is 7.50. The summed E-state index contributed by atoms with van der Waals surface area (Å²) in [5.74, 6) is -0.899. The highest BCUT2D eigenvalue weighted by Crippen LogP contribution is 2.25. The Morgan fingerprint density at radius 1 is 1.19 bits per heavy atom. The Morgan fingerprint density at radius 3 is 2.71 bits per heavy atom. The predicted molar refractivity (Wildman–Crippen MR) is 75.7 cm³/mol.